The summed E-state index contributed by atoms with van der Waals surface area (Å²) < 4.78 is 36.1. The van der Waals surface area contributed by atoms with Crippen LogP contribution in [0.5, 0.6) is 0 Å². The summed E-state index contributed by atoms with van der Waals surface area (Å²) in [6, 6.07) is 7.40. The summed E-state index contributed by atoms with van der Waals surface area (Å²) in [7, 11) is 1.48. The van der Waals surface area contributed by atoms with E-state index in [0.29, 0.717) is 18.7 Å². The highest BCUT2D eigenvalue weighted by Crippen LogP contribution is 2.16. The van der Waals surface area contributed by atoms with E-state index in [1.165, 1.54) is 11.9 Å². The van der Waals surface area contributed by atoms with Crippen LogP contribution in [0.2, 0.25) is 0 Å². The summed E-state index contributed by atoms with van der Waals surface area (Å²) in [6.07, 6.45) is -2.64. The predicted molar refractivity (Wildman–Crippen MR) is 62.7 cm³/mol. The number of aryl methyl sites for hydroxylation is 1. The van der Waals surface area contributed by atoms with Crippen molar-refractivity contribution in [3.05, 3.63) is 29.8 Å². The number of benzene rings is 1. The molecule has 1 aromatic rings. The van der Waals surface area contributed by atoms with Crippen LogP contribution in [0.25, 0.3) is 0 Å². The summed E-state index contributed by atoms with van der Waals surface area (Å²) in [6.45, 7) is -0.418. The van der Waals surface area contributed by atoms with Crippen LogP contribution in [0.4, 0.5) is 18.9 Å². The predicted octanol–water partition coefficient (Wildman–Crippen LogP) is 2.70. The summed E-state index contributed by atoms with van der Waals surface area (Å²) in [5.74, 6) is 0. The Hall–Kier alpha value is -1.23. The molecule has 0 spiro atoms. The molecule has 0 aliphatic carbocycles. The van der Waals surface area contributed by atoms with Crippen molar-refractivity contribution in [2.75, 3.05) is 25.9 Å². The van der Waals surface area contributed by atoms with E-state index < -0.39 is 12.7 Å². The van der Waals surface area contributed by atoms with Gasteiger partial charge in [-0.05, 0) is 44.1 Å². The van der Waals surface area contributed by atoms with E-state index >= 15 is 0 Å². The molecule has 17 heavy (non-hydrogen) atoms. The van der Waals surface area contributed by atoms with Gasteiger partial charge in [0.1, 0.15) is 0 Å². The van der Waals surface area contributed by atoms with Gasteiger partial charge in [-0.2, -0.15) is 13.2 Å². The van der Waals surface area contributed by atoms with Gasteiger partial charge in [0.15, 0.2) is 0 Å². The van der Waals surface area contributed by atoms with Gasteiger partial charge < -0.3 is 5.73 Å². The second-order valence-electron chi connectivity index (χ2n) is 4.20. The molecule has 0 saturated heterocycles. The molecule has 2 N–H and O–H groups in total. The SMILES string of the molecule is CN(CCCc1ccc(N)cc1)CC(F)(F)F. The van der Waals surface area contributed by atoms with Gasteiger partial charge in [-0.15, -0.1) is 0 Å². The van der Waals surface area contributed by atoms with Crippen LogP contribution in [-0.4, -0.2) is 31.2 Å². The number of rotatable bonds is 5. The minimum absolute atomic E-state index is 0.434. The van der Waals surface area contributed by atoms with Gasteiger partial charge in [-0.25, -0.2) is 0 Å². The molecule has 0 heterocycles. The Morgan fingerprint density at radius 3 is 2.29 bits per heavy atom. The smallest absolute Gasteiger partial charge is 0.399 e. The van der Waals surface area contributed by atoms with Crippen molar-refractivity contribution in [3.8, 4) is 0 Å². The number of halogens is 3. The molecule has 5 heteroatoms. The average molecular weight is 246 g/mol. The highest BCUT2D eigenvalue weighted by molar-refractivity contribution is 5.39. The Morgan fingerprint density at radius 1 is 1.18 bits per heavy atom. The normalized spacial score (nSPS) is 12.1. The first-order valence-electron chi connectivity index (χ1n) is 5.46. The lowest BCUT2D eigenvalue weighted by Gasteiger charge is -2.18. The third kappa shape index (κ3) is 6.16. The maximum absolute atomic E-state index is 12.0. The molecule has 0 bridgehead atoms. The molecule has 1 rings (SSSR count). The van der Waals surface area contributed by atoms with Crippen molar-refractivity contribution in [1.29, 1.82) is 0 Å². The first kappa shape index (κ1) is 13.8. The molecule has 0 atom stereocenters. The first-order valence-corrected chi connectivity index (χ1v) is 5.46. The van der Waals surface area contributed by atoms with E-state index in [0.717, 1.165) is 12.0 Å². The molecule has 0 amide bonds. The van der Waals surface area contributed by atoms with Crippen LogP contribution >= 0.6 is 0 Å². The van der Waals surface area contributed by atoms with Crippen molar-refractivity contribution >= 4 is 5.69 Å². The lowest BCUT2D eigenvalue weighted by molar-refractivity contribution is -0.143. The maximum Gasteiger partial charge on any atom is 0.401 e. The molecule has 0 aliphatic rings. The number of nitrogens with two attached hydrogens (primary N) is 1. The second-order valence-corrected chi connectivity index (χ2v) is 4.20. The van der Waals surface area contributed by atoms with Crippen LogP contribution in [0, 0.1) is 0 Å². The Bertz CT molecular complexity index is 333. The van der Waals surface area contributed by atoms with Crippen LogP contribution in [-0.2, 0) is 6.42 Å². The van der Waals surface area contributed by atoms with Gasteiger partial charge in [0, 0.05) is 5.69 Å². The molecule has 0 radical (unpaired) electrons. The molecule has 0 saturated carbocycles. The standard InChI is InChI=1S/C12H17F3N2/c1-17(9-12(13,14)15)8-2-3-10-4-6-11(16)7-5-10/h4-7H,2-3,8-9,16H2,1H3. The zero-order chi connectivity index (χ0) is 12.9. The largest absolute Gasteiger partial charge is 0.401 e. The van der Waals surface area contributed by atoms with Gasteiger partial charge in [-0.3, -0.25) is 4.90 Å². The molecular formula is C12H17F3N2. The Kier molecular flexibility index (Phi) is 4.81. The number of hydrogen-bond donors (Lipinski definition) is 1. The van der Waals surface area contributed by atoms with E-state index in [1.54, 1.807) is 12.1 Å². The third-order valence-electron chi connectivity index (χ3n) is 2.43. The van der Waals surface area contributed by atoms with Crippen molar-refractivity contribution in [2.24, 2.45) is 0 Å². The van der Waals surface area contributed by atoms with E-state index in [9.17, 15) is 13.2 Å². The van der Waals surface area contributed by atoms with Gasteiger partial charge in [0.25, 0.3) is 0 Å². The monoisotopic (exact) mass is 246 g/mol. The number of anilines is 1. The molecule has 96 valence electrons. The van der Waals surface area contributed by atoms with E-state index in [4.69, 9.17) is 5.73 Å². The van der Waals surface area contributed by atoms with Crippen LogP contribution in [0.1, 0.15) is 12.0 Å². The molecule has 0 aromatic heterocycles. The number of nitrogens with zero attached hydrogens (tertiary/aromatic N) is 1. The Labute approximate surface area is 99.2 Å². The highest BCUT2D eigenvalue weighted by Gasteiger charge is 2.28. The number of nitrogen functional groups attached to an aromatic ring is 1. The minimum atomic E-state index is -4.12. The lowest BCUT2D eigenvalue weighted by atomic mass is 10.1. The molecule has 0 fully saturated rings. The Morgan fingerprint density at radius 2 is 1.76 bits per heavy atom. The molecular weight excluding hydrogens is 229 g/mol. The zero-order valence-corrected chi connectivity index (χ0v) is 9.80. The minimum Gasteiger partial charge on any atom is -0.399 e. The molecule has 1 aromatic carbocycles. The second kappa shape index (κ2) is 5.91. The number of hydrogen-bond acceptors (Lipinski definition) is 2. The van der Waals surface area contributed by atoms with E-state index in [-0.39, 0.29) is 0 Å². The van der Waals surface area contributed by atoms with Crippen LogP contribution < -0.4 is 5.73 Å². The Balaban J connectivity index is 2.26. The summed E-state index contributed by atoms with van der Waals surface area (Å²) in [5.41, 5.74) is 7.33. The fourth-order valence-electron chi connectivity index (χ4n) is 1.62. The summed E-state index contributed by atoms with van der Waals surface area (Å²) in [5, 5.41) is 0. The maximum atomic E-state index is 12.0. The van der Waals surface area contributed by atoms with Crippen LogP contribution in [0.15, 0.2) is 24.3 Å². The van der Waals surface area contributed by atoms with Crippen molar-refractivity contribution in [1.82, 2.24) is 4.90 Å². The van der Waals surface area contributed by atoms with Crippen LogP contribution in [0.3, 0.4) is 0 Å². The summed E-state index contributed by atoms with van der Waals surface area (Å²) >= 11 is 0. The quantitative estimate of drug-likeness (QED) is 0.809. The first-order chi connectivity index (χ1) is 7.87. The highest BCUT2D eigenvalue weighted by atomic mass is 19.4. The fourth-order valence-corrected chi connectivity index (χ4v) is 1.62. The molecule has 0 unspecified atom stereocenters. The van der Waals surface area contributed by atoms with E-state index in [2.05, 4.69) is 0 Å². The van der Waals surface area contributed by atoms with Gasteiger partial charge in [0.2, 0.25) is 0 Å². The van der Waals surface area contributed by atoms with Gasteiger partial charge >= 0.3 is 6.18 Å². The topological polar surface area (TPSA) is 29.3 Å². The fraction of sp³-hybridized carbons (Fsp3) is 0.500. The van der Waals surface area contributed by atoms with E-state index in [1.807, 2.05) is 12.1 Å². The van der Waals surface area contributed by atoms with Crippen molar-refractivity contribution in [2.45, 2.75) is 19.0 Å². The average Bonchev–Trinajstić information content (AvgIpc) is 2.18. The zero-order valence-electron chi connectivity index (χ0n) is 9.80. The number of alkyl halides is 3. The lowest BCUT2D eigenvalue weighted by Crippen LogP contribution is -2.31. The molecule has 2 nitrogen and oxygen atoms in total. The van der Waals surface area contributed by atoms with Crippen molar-refractivity contribution < 1.29 is 13.2 Å². The van der Waals surface area contributed by atoms with Gasteiger partial charge in [0.05, 0.1) is 6.54 Å². The van der Waals surface area contributed by atoms with Crippen molar-refractivity contribution in [3.63, 3.8) is 0 Å². The molecule has 0 aliphatic heterocycles. The van der Waals surface area contributed by atoms with Gasteiger partial charge in [-0.1, -0.05) is 12.1 Å². The third-order valence-corrected chi connectivity index (χ3v) is 2.43. The summed E-state index contributed by atoms with van der Waals surface area (Å²) in [4.78, 5) is 1.29.